The average molecular weight is 381 g/mol. The van der Waals surface area contributed by atoms with Crippen molar-refractivity contribution >= 4 is 39.5 Å². The van der Waals surface area contributed by atoms with Crippen LogP contribution >= 0.6 is 11.6 Å². The highest BCUT2D eigenvalue weighted by Crippen LogP contribution is 2.27. The van der Waals surface area contributed by atoms with E-state index in [1.165, 1.54) is 0 Å². The van der Waals surface area contributed by atoms with Crippen LogP contribution in [-0.2, 0) is 11.2 Å². The summed E-state index contributed by atoms with van der Waals surface area (Å²) in [5, 5.41) is 2.81. The Bertz CT molecular complexity index is 1150. The number of para-hydroxylation sites is 1. The SMILES string of the molecule is CC(C)(C)OC(=O)n1c(Cc2c[nH]c3cc(Cl)ccc23)cc2ccccc21. The Hall–Kier alpha value is -2.72. The van der Waals surface area contributed by atoms with Crippen LogP contribution in [-0.4, -0.2) is 21.2 Å². The fourth-order valence-corrected chi connectivity index (χ4v) is 3.54. The van der Waals surface area contributed by atoms with Gasteiger partial charge in [0.15, 0.2) is 0 Å². The smallest absolute Gasteiger partial charge is 0.419 e. The first-order valence-electron chi connectivity index (χ1n) is 8.90. The van der Waals surface area contributed by atoms with E-state index in [9.17, 15) is 4.79 Å². The first-order chi connectivity index (χ1) is 12.8. The van der Waals surface area contributed by atoms with Gasteiger partial charge in [-0.25, -0.2) is 9.36 Å². The van der Waals surface area contributed by atoms with Crippen LogP contribution in [0.4, 0.5) is 4.79 Å². The molecule has 2 aromatic carbocycles. The standard InChI is InChI=1S/C22H21ClN2O2/c1-22(2,3)27-21(26)25-17(10-14-6-4-5-7-20(14)25)11-15-13-24-19-12-16(23)8-9-18(15)19/h4-10,12-13,24H,11H2,1-3H3. The Kier molecular flexibility index (Phi) is 4.23. The fourth-order valence-electron chi connectivity index (χ4n) is 3.37. The quantitative estimate of drug-likeness (QED) is 0.453. The van der Waals surface area contributed by atoms with Gasteiger partial charge in [-0.3, -0.25) is 0 Å². The number of fused-ring (bicyclic) bond motifs is 2. The summed E-state index contributed by atoms with van der Waals surface area (Å²) >= 11 is 6.08. The number of benzene rings is 2. The topological polar surface area (TPSA) is 47.0 Å². The number of hydrogen-bond donors (Lipinski definition) is 1. The number of aromatic amines is 1. The molecule has 0 amide bonds. The number of carbonyl (C=O) groups excluding carboxylic acids is 1. The van der Waals surface area contributed by atoms with Gasteiger partial charge in [0.1, 0.15) is 5.60 Å². The zero-order valence-corrected chi connectivity index (χ0v) is 16.3. The van der Waals surface area contributed by atoms with Crippen LogP contribution in [0.5, 0.6) is 0 Å². The highest BCUT2D eigenvalue weighted by atomic mass is 35.5. The third-order valence-electron chi connectivity index (χ3n) is 4.46. The summed E-state index contributed by atoms with van der Waals surface area (Å²) in [7, 11) is 0. The van der Waals surface area contributed by atoms with Crippen molar-refractivity contribution in [3.05, 3.63) is 71.0 Å². The summed E-state index contributed by atoms with van der Waals surface area (Å²) in [4.78, 5) is 16.2. The number of halogens is 1. The molecule has 0 aliphatic heterocycles. The van der Waals surface area contributed by atoms with E-state index in [2.05, 4.69) is 4.98 Å². The molecule has 0 unspecified atom stereocenters. The molecule has 4 aromatic rings. The van der Waals surface area contributed by atoms with Gasteiger partial charge in [0.05, 0.1) is 5.52 Å². The maximum Gasteiger partial charge on any atom is 0.419 e. The Morgan fingerprint density at radius 2 is 1.93 bits per heavy atom. The molecule has 0 bridgehead atoms. The molecule has 0 saturated heterocycles. The van der Waals surface area contributed by atoms with Gasteiger partial charge in [0.2, 0.25) is 0 Å². The van der Waals surface area contributed by atoms with E-state index >= 15 is 0 Å². The van der Waals surface area contributed by atoms with E-state index in [0.717, 1.165) is 33.1 Å². The summed E-state index contributed by atoms with van der Waals surface area (Å²) in [6.07, 6.45) is 2.22. The Morgan fingerprint density at radius 1 is 1.15 bits per heavy atom. The molecule has 27 heavy (non-hydrogen) atoms. The lowest BCUT2D eigenvalue weighted by atomic mass is 10.1. The Morgan fingerprint density at radius 3 is 2.70 bits per heavy atom. The van der Waals surface area contributed by atoms with Crippen molar-refractivity contribution in [2.45, 2.75) is 32.8 Å². The molecule has 4 rings (SSSR count). The van der Waals surface area contributed by atoms with E-state index in [1.54, 1.807) is 4.57 Å². The molecule has 0 spiro atoms. The van der Waals surface area contributed by atoms with Gasteiger partial charge in [-0.15, -0.1) is 0 Å². The van der Waals surface area contributed by atoms with Gasteiger partial charge < -0.3 is 9.72 Å². The lowest BCUT2D eigenvalue weighted by molar-refractivity contribution is 0.0541. The van der Waals surface area contributed by atoms with Gasteiger partial charge in [0.25, 0.3) is 0 Å². The van der Waals surface area contributed by atoms with Crippen molar-refractivity contribution < 1.29 is 9.53 Å². The predicted molar refractivity (Wildman–Crippen MR) is 110 cm³/mol. The highest BCUT2D eigenvalue weighted by molar-refractivity contribution is 6.31. The maximum absolute atomic E-state index is 12.9. The van der Waals surface area contributed by atoms with Crippen molar-refractivity contribution in [1.82, 2.24) is 9.55 Å². The molecule has 0 atom stereocenters. The third kappa shape index (κ3) is 3.45. The van der Waals surface area contributed by atoms with Crippen LogP contribution in [0.1, 0.15) is 32.0 Å². The van der Waals surface area contributed by atoms with Gasteiger partial charge in [-0.1, -0.05) is 35.9 Å². The van der Waals surface area contributed by atoms with Crippen molar-refractivity contribution in [2.75, 3.05) is 0 Å². The summed E-state index contributed by atoms with van der Waals surface area (Å²) in [5.74, 6) is 0. The molecule has 0 saturated carbocycles. The lowest BCUT2D eigenvalue weighted by Gasteiger charge is -2.21. The minimum atomic E-state index is -0.558. The number of ether oxygens (including phenoxy) is 1. The molecule has 2 aromatic heterocycles. The molecule has 0 aliphatic rings. The van der Waals surface area contributed by atoms with Crippen LogP contribution in [0.2, 0.25) is 5.02 Å². The van der Waals surface area contributed by atoms with Gasteiger partial charge >= 0.3 is 6.09 Å². The van der Waals surface area contributed by atoms with E-state index < -0.39 is 5.60 Å². The van der Waals surface area contributed by atoms with Gasteiger partial charge in [-0.2, -0.15) is 0 Å². The zero-order valence-electron chi connectivity index (χ0n) is 15.5. The van der Waals surface area contributed by atoms with E-state index in [4.69, 9.17) is 16.3 Å². The first-order valence-corrected chi connectivity index (χ1v) is 9.28. The number of hydrogen-bond acceptors (Lipinski definition) is 2. The van der Waals surface area contributed by atoms with Crippen LogP contribution < -0.4 is 0 Å². The van der Waals surface area contributed by atoms with Crippen molar-refractivity contribution in [1.29, 1.82) is 0 Å². The second-order valence-corrected chi connectivity index (χ2v) is 8.13. The molecule has 0 radical (unpaired) electrons. The van der Waals surface area contributed by atoms with Crippen LogP contribution in [0.15, 0.2) is 54.7 Å². The number of carbonyl (C=O) groups is 1. The third-order valence-corrected chi connectivity index (χ3v) is 4.70. The molecular formula is C22H21ClN2O2. The first kappa shape index (κ1) is 17.7. The average Bonchev–Trinajstić information content (AvgIpc) is 3.14. The molecular weight excluding hydrogens is 360 g/mol. The van der Waals surface area contributed by atoms with E-state index in [1.807, 2.05) is 75.5 Å². The molecule has 0 aliphatic carbocycles. The summed E-state index contributed by atoms with van der Waals surface area (Å²) < 4.78 is 7.33. The minimum absolute atomic E-state index is 0.360. The normalized spacial score (nSPS) is 12.0. The molecule has 138 valence electrons. The predicted octanol–water partition coefficient (Wildman–Crippen LogP) is 6.15. The maximum atomic E-state index is 12.9. The van der Waals surface area contributed by atoms with Gasteiger partial charge in [0, 0.05) is 39.6 Å². The molecule has 5 heteroatoms. The number of nitrogens with zero attached hydrogens (tertiary/aromatic N) is 1. The van der Waals surface area contributed by atoms with Gasteiger partial charge in [-0.05, 0) is 50.6 Å². The van der Waals surface area contributed by atoms with Crippen LogP contribution in [0.25, 0.3) is 21.8 Å². The molecule has 1 N–H and O–H groups in total. The summed E-state index contributed by atoms with van der Waals surface area (Å²) in [6.45, 7) is 5.62. The Balaban J connectivity index is 1.81. The summed E-state index contributed by atoms with van der Waals surface area (Å²) in [5.41, 5.74) is 3.27. The van der Waals surface area contributed by atoms with Crippen molar-refractivity contribution in [3.63, 3.8) is 0 Å². The number of aromatic nitrogens is 2. The molecule has 2 heterocycles. The lowest BCUT2D eigenvalue weighted by Crippen LogP contribution is -2.28. The molecule has 4 nitrogen and oxygen atoms in total. The summed E-state index contributed by atoms with van der Waals surface area (Å²) in [6, 6.07) is 15.7. The fraction of sp³-hybridized carbons (Fsp3) is 0.227. The highest BCUT2D eigenvalue weighted by Gasteiger charge is 2.22. The largest absolute Gasteiger partial charge is 0.443 e. The minimum Gasteiger partial charge on any atom is -0.443 e. The zero-order chi connectivity index (χ0) is 19.2. The van der Waals surface area contributed by atoms with Crippen molar-refractivity contribution in [2.24, 2.45) is 0 Å². The second kappa shape index (κ2) is 6.46. The van der Waals surface area contributed by atoms with Crippen LogP contribution in [0, 0.1) is 0 Å². The van der Waals surface area contributed by atoms with Crippen LogP contribution in [0.3, 0.4) is 0 Å². The number of nitrogens with one attached hydrogen (secondary N) is 1. The number of H-pyrrole nitrogens is 1. The monoisotopic (exact) mass is 380 g/mol. The number of rotatable bonds is 2. The van der Waals surface area contributed by atoms with E-state index in [-0.39, 0.29) is 6.09 Å². The molecule has 0 fully saturated rings. The Labute approximate surface area is 162 Å². The second-order valence-electron chi connectivity index (χ2n) is 7.69. The van der Waals surface area contributed by atoms with Crippen molar-refractivity contribution in [3.8, 4) is 0 Å². The van der Waals surface area contributed by atoms with E-state index in [0.29, 0.717) is 11.4 Å².